The Morgan fingerprint density at radius 1 is 0.933 bits per heavy atom. The average molecular weight is 415 g/mol. The molecule has 0 saturated heterocycles. The Kier molecular flexibility index (Phi) is 6.01. The van der Waals surface area contributed by atoms with Crippen LogP contribution in [-0.2, 0) is 11.0 Å². The maximum atomic E-state index is 12.9. The van der Waals surface area contributed by atoms with Crippen molar-refractivity contribution >= 4 is 17.5 Å². The zero-order chi connectivity index (χ0) is 21.7. The molecule has 0 bridgehead atoms. The second kappa shape index (κ2) is 8.64. The zero-order valence-corrected chi connectivity index (χ0v) is 15.4. The molecule has 0 fully saturated rings. The van der Waals surface area contributed by atoms with Gasteiger partial charge in [0.05, 0.1) is 5.56 Å². The van der Waals surface area contributed by atoms with E-state index in [0.29, 0.717) is 23.4 Å². The third-order valence-electron chi connectivity index (χ3n) is 4.19. The number of benzene rings is 2. The molecule has 3 N–H and O–H groups in total. The molecule has 2 aromatic carbocycles. The molecule has 1 atom stereocenters. The van der Waals surface area contributed by atoms with Gasteiger partial charge in [-0.15, -0.1) is 0 Å². The van der Waals surface area contributed by atoms with E-state index in [1.165, 1.54) is 0 Å². The molecule has 154 valence electrons. The van der Waals surface area contributed by atoms with Crippen molar-refractivity contribution < 1.29 is 22.8 Å². The highest BCUT2D eigenvalue weighted by molar-refractivity contribution is 6.01. The fourth-order valence-electron chi connectivity index (χ4n) is 2.69. The maximum Gasteiger partial charge on any atom is 0.417 e. The Hall–Kier alpha value is -3.88. The molecule has 1 unspecified atom stereocenters. The second-order valence-corrected chi connectivity index (χ2v) is 6.30. The molecule has 3 aromatic rings. The molecule has 9 heteroatoms. The van der Waals surface area contributed by atoms with Crippen LogP contribution in [0.5, 0.6) is 0 Å². The number of amides is 2. The summed E-state index contributed by atoms with van der Waals surface area (Å²) in [6.45, 7) is 0. The maximum absolute atomic E-state index is 12.9. The number of halogens is 3. The number of alkyl halides is 3. The monoisotopic (exact) mass is 415 g/mol. The first-order chi connectivity index (χ1) is 14.3. The summed E-state index contributed by atoms with van der Waals surface area (Å²) in [7, 11) is 0. The van der Waals surface area contributed by atoms with Gasteiger partial charge in [-0.2, -0.15) is 13.2 Å². The fourth-order valence-corrected chi connectivity index (χ4v) is 2.69. The van der Waals surface area contributed by atoms with Gasteiger partial charge in [0, 0.05) is 11.8 Å². The summed E-state index contributed by atoms with van der Waals surface area (Å²) in [5.41, 5.74) is -1.92. The fraction of sp³-hybridized carbons (Fsp3) is 0.0952. The van der Waals surface area contributed by atoms with Gasteiger partial charge >= 0.3 is 6.18 Å². The van der Waals surface area contributed by atoms with Crippen LogP contribution in [0, 0.1) is 0 Å². The smallest absolute Gasteiger partial charge is 0.336 e. The highest BCUT2D eigenvalue weighted by Crippen LogP contribution is 2.29. The van der Waals surface area contributed by atoms with Gasteiger partial charge in [0.1, 0.15) is 11.7 Å². The van der Waals surface area contributed by atoms with Crippen molar-refractivity contribution in [2.75, 3.05) is 5.32 Å². The molecule has 1 aromatic heterocycles. The lowest BCUT2D eigenvalue weighted by Gasteiger charge is -2.19. The number of carbonyl (C=O) groups excluding carboxylic acids is 2. The van der Waals surface area contributed by atoms with Crippen LogP contribution in [0.4, 0.5) is 18.9 Å². The van der Waals surface area contributed by atoms with Gasteiger partial charge < -0.3 is 15.6 Å². The van der Waals surface area contributed by atoms with Crippen molar-refractivity contribution in [3.63, 3.8) is 0 Å². The largest absolute Gasteiger partial charge is 0.417 e. The Labute approximate surface area is 168 Å². The number of aromatic amines is 1. The highest BCUT2D eigenvalue weighted by atomic mass is 19.4. The lowest BCUT2D eigenvalue weighted by molar-refractivity contribution is -0.137. The number of nitrogens with one attached hydrogen (secondary N) is 3. The summed E-state index contributed by atoms with van der Waals surface area (Å²) >= 11 is 0. The number of pyridine rings is 1. The predicted molar refractivity (Wildman–Crippen MR) is 104 cm³/mol. The Bertz CT molecular complexity index is 1100. The number of H-pyrrole nitrogens is 1. The highest BCUT2D eigenvalue weighted by Gasteiger charge is 2.32. The molecule has 0 aliphatic heterocycles. The van der Waals surface area contributed by atoms with E-state index < -0.39 is 40.8 Å². The van der Waals surface area contributed by atoms with Gasteiger partial charge in [0.25, 0.3) is 17.4 Å². The van der Waals surface area contributed by atoms with E-state index in [1.807, 2.05) is 4.98 Å². The third kappa shape index (κ3) is 4.93. The first kappa shape index (κ1) is 20.8. The minimum Gasteiger partial charge on any atom is -0.336 e. The van der Waals surface area contributed by atoms with Crippen molar-refractivity contribution in [2.45, 2.75) is 12.2 Å². The summed E-state index contributed by atoms with van der Waals surface area (Å²) in [5.74, 6) is -1.42. The van der Waals surface area contributed by atoms with E-state index in [-0.39, 0.29) is 0 Å². The van der Waals surface area contributed by atoms with Crippen molar-refractivity contribution in [3.05, 3.63) is 100.0 Å². The van der Waals surface area contributed by atoms with Crippen molar-refractivity contribution in [1.82, 2.24) is 10.3 Å². The number of rotatable bonds is 5. The molecule has 3 rings (SSSR count). The van der Waals surface area contributed by atoms with E-state index in [1.54, 1.807) is 60.7 Å². The molecule has 0 spiro atoms. The van der Waals surface area contributed by atoms with Gasteiger partial charge in [-0.05, 0) is 23.8 Å². The van der Waals surface area contributed by atoms with E-state index in [9.17, 15) is 27.6 Å². The first-order valence-electron chi connectivity index (χ1n) is 8.77. The van der Waals surface area contributed by atoms with Gasteiger partial charge in [0.15, 0.2) is 0 Å². The molecule has 1 heterocycles. The number of hydrogen-bond donors (Lipinski definition) is 3. The van der Waals surface area contributed by atoms with E-state index in [4.69, 9.17) is 0 Å². The van der Waals surface area contributed by atoms with Crippen LogP contribution in [0.2, 0.25) is 0 Å². The molecule has 2 amide bonds. The minimum atomic E-state index is -4.70. The molecule has 0 saturated carbocycles. The Morgan fingerprint density at radius 2 is 1.53 bits per heavy atom. The summed E-state index contributed by atoms with van der Waals surface area (Å²) in [5, 5.41) is 4.73. The van der Waals surface area contributed by atoms with Gasteiger partial charge in [0.2, 0.25) is 0 Å². The molecule has 0 radical (unpaired) electrons. The van der Waals surface area contributed by atoms with Gasteiger partial charge in [-0.1, -0.05) is 48.5 Å². The van der Waals surface area contributed by atoms with Crippen molar-refractivity contribution in [2.24, 2.45) is 0 Å². The number of anilines is 1. The Balaban J connectivity index is 1.90. The number of aromatic nitrogens is 1. The van der Waals surface area contributed by atoms with Crippen LogP contribution in [-0.4, -0.2) is 16.8 Å². The lowest BCUT2D eigenvalue weighted by atomic mass is 10.1. The van der Waals surface area contributed by atoms with E-state index >= 15 is 0 Å². The summed E-state index contributed by atoms with van der Waals surface area (Å²) in [6.07, 6.45) is -4.19. The van der Waals surface area contributed by atoms with Crippen LogP contribution in [0.25, 0.3) is 0 Å². The van der Waals surface area contributed by atoms with Gasteiger partial charge in [-0.3, -0.25) is 14.4 Å². The molecule has 6 nitrogen and oxygen atoms in total. The summed E-state index contributed by atoms with van der Waals surface area (Å²) < 4.78 is 38.8. The van der Waals surface area contributed by atoms with Crippen LogP contribution in [0.15, 0.2) is 77.7 Å². The molecular formula is C21H16F3N3O3. The molecule has 0 aliphatic carbocycles. The SMILES string of the molecule is O=C(NC(C(=O)Nc1cc(C(F)(F)F)c[nH]c1=O)c1ccccc1)c1ccccc1. The molecule has 30 heavy (non-hydrogen) atoms. The summed E-state index contributed by atoms with van der Waals surface area (Å²) in [6, 6.07) is 15.5. The minimum absolute atomic E-state index is 0.295. The quantitative estimate of drug-likeness (QED) is 0.596. The number of carbonyl (C=O) groups is 2. The first-order valence-corrected chi connectivity index (χ1v) is 8.77. The lowest BCUT2D eigenvalue weighted by Crippen LogP contribution is -2.38. The predicted octanol–water partition coefficient (Wildman–Crippen LogP) is 3.50. The topological polar surface area (TPSA) is 91.1 Å². The normalized spacial score (nSPS) is 12.1. The van der Waals surface area contributed by atoms with Crippen LogP contribution >= 0.6 is 0 Å². The van der Waals surface area contributed by atoms with Gasteiger partial charge in [-0.25, -0.2) is 0 Å². The van der Waals surface area contributed by atoms with E-state index in [2.05, 4.69) is 10.6 Å². The van der Waals surface area contributed by atoms with Crippen LogP contribution in [0.3, 0.4) is 0 Å². The standard InChI is InChI=1S/C21H16F3N3O3/c22-21(23,24)15-11-16(19(29)25-12-15)26-20(30)17(13-7-3-1-4-8-13)27-18(28)14-9-5-2-6-10-14/h1-12,17H,(H,25,29)(H,26,30)(H,27,28). The van der Waals surface area contributed by atoms with Crippen LogP contribution < -0.4 is 16.2 Å². The molecular weight excluding hydrogens is 399 g/mol. The molecule has 0 aliphatic rings. The number of hydrogen-bond acceptors (Lipinski definition) is 3. The summed E-state index contributed by atoms with van der Waals surface area (Å²) in [4.78, 5) is 39.2. The third-order valence-corrected chi connectivity index (χ3v) is 4.19. The Morgan fingerprint density at radius 3 is 2.13 bits per heavy atom. The van der Waals surface area contributed by atoms with E-state index in [0.717, 1.165) is 0 Å². The van der Waals surface area contributed by atoms with Crippen molar-refractivity contribution in [1.29, 1.82) is 0 Å². The van der Waals surface area contributed by atoms with Crippen LogP contribution in [0.1, 0.15) is 27.5 Å². The average Bonchev–Trinajstić information content (AvgIpc) is 2.73. The zero-order valence-electron chi connectivity index (χ0n) is 15.4. The van der Waals surface area contributed by atoms with Crippen molar-refractivity contribution in [3.8, 4) is 0 Å². The second-order valence-electron chi connectivity index (χ2n) is 6.30.